The molecule has 1 aliphatic rings. The van der Waals surface area contributed by atoms with E-state index in [0.29, 0.717) is 42.0 Å². The van der Waals surface area contributed by atoms with Gasteiger partial charge in [0, 0.05) is 12.3 Å². The molecule has 1 aliphatic heterocycles. The summed E-state index contributed by atoms with van der Waals surface area (Å²) in [5.74, 6) is 1.50. The Kier molecular flexibility index (Phi) is 6.27. The van der Waals surface area contributed by atoms with E-state index in [1.165, 1.54) is 23.9 Å². The van der Waals surface area contributed by atoms with Gasteiger partial charge in [0.05, 0.1) is 10.3 Å². The molecule has 4 nitrogen and oxygen atoms in total. The zero-order chi connectivity index (χ0) is 18.5. The topological polar surface area (TPSA) is 47.6 Å². The summed E-state index contributed by atoms with van der Waals surface area (Å²) in [7, 11) is 0. The van der Waals surface area contributed by atoms with Crippen molar-refractivity contribution >= 4 is 29.3 Å². The molecule has 0 saturated carbocycles. The fourth-order valence-corrected chi connectivity index (χ4v) is 3.61. The van der Waals surface area contributed by atoms with E-state index in [1.807, 2.05) is 19.1 Å². The zero-order valence-corrected chi connectivity index (χ0v) is 15.8. The molecule has 0 saturated heterocycles. The molecular weight excluding hydrogens is 377 g/mol. The van der Waals surface area contributed by atoms with Crippen LogP contribution in [0.3, 0.4) is 0 Å². The minimum Gasteiger partial charge on any atom is -0.486 e. The van der Waals surface area contributed by atoms with Gasteiger partial charge in [-0.1, -0.05) is 23.7 Å². The second-order valence-electron chi connectivity index (χ2n) is 5.90. The van der Waals surface area contributed by atoms with Gasteiger partial charge in [-0.05, 0) is 42.3 Å². The first kappa shape index (κ1) is 18.9. The summed E-state index contributed by atoms with van der Waals surface area (Å²) in [6, 6.07) is 9.81. The number of carbonyl (C=O) groups is 1. The van der Waals surface area contributed by atoms with Gasteiger partial charge in [0.2, 0.25) is 5.91 Å². The van der Waals surface area contributed by atoms with Crippen LogP contribution in [0.2, 0.25) is 5.02 Å². The highest BCUT2D eigenvalue weighted by molar-refractivity contribution is 7.99. The number of amides is 1. The third-order valence-corrected chi connectivity index (χ3v) is 5.40. The number of nitrogens with one attached hydrogen (secondary N) is 1. The highest BCUT2D eigenvalue weighted by atomic mass is 35.5. The van der Waals surface area contributed by atoms with Gasteiger partial charge in [0.15, 0.2) is 11.5 Å². The highest BCUT2D eigenvalue weighted by Gasteiger charge is 2.18. The van der Waals surface area contributed by atoms with Crippen molar-refractivity contribution in [3.63, 3.8) is 0 Å². The molecule has 26 heavy (non-hydrogen) atoms. The lowest BCUT2D eigenvalue weighted by atomic mass is 10.2. The lowest BCUT2D eigenvalue weighted by Gasteiger charge is -2.20. The van der Waals surface area contributed by atoms with Gasteiger partial charge >= 0.3 is 0 Å². The molecule has 1 amide bonds. The Morgan fingerprint density at radius 1 is 1.23 bits per heavy atom. The molecule has 0 aliphatic carbocycles. The molecule has 1 heterocycles. The second-order valence-corrected chi connectivity index (χ2v) is 7.64. The van der Waals surface area contributed by atoms with Crippen LogP contribution in [0.25, 0.3) is 0 Å². The Labute approximate surface area is 161 Å². The van der Waals surface area contributed by atoms with Gasteiger partial charge in [-0.3, -0.25) is 4.79 Å². The number of benzene rings is 2. The van der Waals surface area contributed by atoms with E-state index in [9.17, 15) is 9.18 Å². The van der Waals surface area contributed by atoms with Crippen molar-refractivity contribution in [2.75, 3.05) is 13.2 Å². The molecule has 2 aromatic rings. The summed E-state index contributed by atoms with van der Waals surface area (Å²) in [5, 5.41) is 3.15. The van der Waals surface area contributed by atoms with Crippen LogP contribution in [-0.2, 0) is 17.1 Å². The third kappa shape index (κ3) is 4.83. The van der Waals surface area contributed by atoms with E-state index in [-0.39, 0.29) is 17.0 Å². The Balaban J connectivity index is 1.51. The predicted octanol–water partition coefficient (Wildman–Crippen LogP) is 4.19. The van der Waals surface area contributed by atoms with Gasteiger partial charge < -0.3 is 14.8 Å². The van der Waals surface area contributed by atoms with Crippen LogP contribution in [0.4, 0.5) is 4.39 Å². The minimum absolute atomic E-state index is 0.0667. The van der Waals surface area contributed by atoms with E-state index >= 15 is 0 Å². The van der Waals surface area contributed by atoms with Gasteiger partial charge in [0.1, 0.15) is 19.0 Å². The van der Waals surface area contributed by atoms with Crippen molar-refractivity contribution in [3.8, 4) is 11.5 Å². The van der Waals surface area contributed by atoms with Crippen LogP contribution in [0.5, 0.6) is 11.5 Å². The van der Waals surface area contributed by atoms with Crippen molar-refractivity contribution in [1.29, 1.82) is 0 Å². The maximum Gasteiger partial charge on any atom is 0.233 e. The lowest BCUT2D eigenvalue weighted by molar-refractivity contribution is -0.120. The lowest BCUT2D eigenvalue weighted by Crippen LogP contribution is -2.30. The SMILES string of the molecule is CC(SCc1cc(Cl)c2c(c1)OCCO2)C(=O)NCc1ccc(F)cc1. The van der Waals surface area contributed by atoms with Crippen LogP contribution in [-0.4, -0.2) is 24.4 Å². The summed E-state index contributed by atoms with van der Waals surface area (Å²) in [6.07, 6.45) is 0. The molecular formula is C19H19ClFNO3S. The molecule has 0 aromatic heterocycles. The number of fused-ring (bicyclic) bond motifs is 1. The zero-order valence-electron chi connectivity index (χ0n) is 14.3. The van der Waals surface area contributed by atoms with E-state index in [4.69, 9.17) is 21.1 Å². The molecule has 0 radical (unpaired) electrons. The number of halogens is 2. The van der Waals surface area contributed by atoms with Crippen molar-refractivity contribution in [2.24, 2.45) is 0 Å². The summed E-state index contributed by atoms with van der Waals surface area (Å²) in [4.78, 5) is 12.2. The Morgan fingerprint density at radius 2 is 1.96 bits per heavy atom. The molecule has 7 heteroatoms. The molecule has 3 rings (SSSR count). The second kappa shape index (κ2) is 8.64. The fraction of sp³-hybridized carbons (Fsp3) is 0.316. The summed E-state index contributed by atoms with van der Waals surface area (Å²) >= 11 is 7.74. The molecule has 0 bridgehead atoms. The van der Waals surface area contributed by atoms with Crippen molar-refractivity contribution < 1.29 is 18.7 Å². The first-order chi connectivity index (χ1) is 12.5. The average molecular weight is 396 g/mol. The Hall–Kier alpha value is -1.92. The Bertz CT molecular complexity index is 785. The highest BCUT2D eigenvalue weighted by Crippen LogP contribution is 2.39. The standard InChI is InChI=1S/C19H19ClFNO3S/c1-12(19(23)22-10-13-2-4-15(21)5-3-13)26-11-14-8-16(20)18-17(9-14)24-6-7-25-18/h2-5,8-9,12H,6-7,10-11H2,1H3,(H,22,23). The smallest absolute Gasteiger partial charge is 0.233 e. The fourth-order valence-electron chi connectivity index (χ4n) is 2.48. The van der Waals surface area contributed by atoms with Crippen molar-refractivity contribution in [2.45, 2.75) is 24.5 Å². The van der Waals surface area contributed by atoms with Crippen LogP contribution in [0.1, 0.15) is 18.1 Å². The quantitative estimate of drug-likeness (QED) is 0.796. The number of rotatable bonds is 6. The normalized spacial score (nSPS) is 14.0. The van der Waals surface area contributed by atoms with Gasteiger partial charge in [0.25, 0.3) is 0 Å². The van der Waals surface area contributed by atoms with Gasteiger partial charge in [-0.25, -0.2) is 4.39 Å². The largest absolute Gasteiger partial charge is 0.486 e. The van der Waals surface area contributed by atoms with Crippen molar-refractivity contribution in [3.05, 3.63) is 58.4 Å². The minimum atomic E-state index is -0.290. The van der Waals surface area contributed by atoms with E-state index < -0.39 is 0 Å². The van der Waals surface area contributed by atoms with E-state index in [0.717, 1.165) is 11.1 Å². The molecule has 1 unspecified atom stereocenters. The maximum absolute atomic E-state index is 12.9. The number of hydrogen-bond acceptors (Lipinski definition) is 4. The first-order valence-electron chi connectivity index (χ1n) is 8.24. The Morgan fingerprint density at radius 3 is 2.73 bits per heavy atom. The van der Waals surface area contributed by atoms with Gasteiger partial charge in [-0.15, -0.1) is 11.8 Å². The van der Waals surface area contributed by atoms with Gasteiger partial charge in [-0.2, -0.15) is 0 Å². The summed E-state index contributed by atoms with van der Waals surface area (Å²) < 4.78 is 24.0. The molecule has 0 fully saturated rings. The first-order valence-corrected chi connectivity index (χ1v) is 9.67. The maximum atomic E-state index is 12.9. The van der Waals surface area contributed by atoms with Crippen LogP contribution in [0, 0.1) is 5.82 Å². The van der Waals surface area contributed by atoms with Crippen molar-refractivity contribution in [1.82, 2.24) is 5.32 Å². The molecule has 0 spiro atoms. The van der Waals surface area contributed by atoms with Crippen LogP contribution < -0.4 is 14.8 Å². The molecule has 1 atom stereocenters. The monoisotopic (exact) mass is 395 g/mol. The van der Waals surface area contributed by atoms with Crippen LogP contribution in [0.15, 0.2) is 36.4 Å². The third-order valence-electron chi connectivity index (χ3n) is 3.91. The molecule has 2 aromatic carbocycles. The summed E-state index contributed by atoms with van der Waals surface area (Å²) in [5.41, 5.74) is 1.83. The average Bonchev–Trinajstić information content (AvgIpc) is 2.65. The number of carbonyl (C=O) groups excluding carboxylic acids is 1. The summed E-state index contributed by atoms with van der Waals surface area (Å²) in [6.45, 7) is 3.22. The molecule has 138 valence electrons. The number of thioether (sulfide) groups is 1. The predicted molar refractivity (Wildman–Crippen MR) is 101 cm³/mol. The molecule has 1 N–H and O–H groups in total. The van der Waals surface area contributed by atoms with E-state index in [2.05, 4.69) is 5.32 Å². The number of ether oxygens (including phenoxy) is 2. The van der Waals surface area contributed by atoms with Crippen LogP contribution >= 0.6 is 23.4 Å². The van der Waals surface area contributed by atoms with E-state index in [1.54, 1.807) is 12.1 Å². The number of hydrogen-bond donors (Lipinski definition) is 1.